The van der Waals surface area contributed by atoms with Crippen LogP contribution in [0.1, 0.15) is 19.4 Å². The van der Waals surface area contributed by atoms with Crippen molar-refractivity contribution in [3.8, 4) is 11.5 Å². The van der Waals surface area contributed by atoms with E-state index < -0.39 is 6.61 Å². The molecule has 0 spiro atoms. The molecule has 0 aliphatic rings. The van der Waals surface area contributed by atoms with E-state index in [0.29, 0.717) is 25.7 Å². The first-order valence-electron chi connectivity index (χ1n) is 7.66. The van der Waals surface area contributed by atoms with Crippen molar-refractivity contribution in [3.63, 3.8) is 0 Å². The Hall–Kier alpha value is -1.36. The molecule has 1 atom stereocenters. The van der Waals surface area contributed by atoms with Crippen LogP contribution >= 0.6 is 24.0 Å². The highest BCUT2D eigenvalue weighted by Gasteiger charge is 2.12. The predicted molar refractivity (Wildman–Crippen MR) is 104 cm³/mol. The van der Waals surface area contributed by atoms with E-state index in [2.05, 4.69) is 20.4 Å². The van der Waals surface area contributed by atoms with Crippen LogP contribution in [-0.4, -0.2) is 46.0 Å². The van der Waals surface area contributed by atoms with Gasteiger partial charge in [-0.3, -0.25) is 4.99 Å². The molecule has 1 aromatic carbocycles. The summed E-state index contributed by atoms with van der Waals surface area (Å²) in [6.45, 7) is 2.22. The molecule has 9 heteroatoms. The molecule has 0 fully saturated rings. The molecular formula is C16H26F2IN3O3. The second kappa shape index (κ2) is 12.9. The lowest BCUT2D eigenvalue weighted by molar-refractivity contribution is -0.0514. The van der Waals surface area contributed by atoms with Crippen molar-refractivity contribution < 1.29 is 23.0 Å². The molecule has 25 heavy (non-hydrogen) atoms. The number of methoxy groups -OCH3 is 1. The SMILES string of the molecule is CCOc1cc(CNC(=NC)NC(C)COC)ccc1OC(F)F.I. The summed E-state index contributed by atoms with van der Waals surface area (Å²) in [5.74, 6) is 0.921. The standard InChI is InChI=1S/C16H25F2N3O3.HI/c1-5-23-14-8-12(6-7-13(14)24-15(17)18)9-20-16(19-3)21-11(2)10-22-4;/h6-8,11,15H,5,9-10H2,1-4H3,(H2,19,20,21);1H. The minimum atomic E-state index is -2.89. The Morgan fingerprint density at radius 1 is 1.28 bits per heavy atom. The summed E-state index contributed by atoms with van der Waals surface area (Å²) in [6, 6.07) is 4.93. The molecule has 1 rings (SSSR count). The van der Waals surface area contributed by atoms with Gasteiger partial charge in [0, 0.05) is 26.7 Å². The van der Waals surface area contributed by atoms with Gasteiger partial charge in [0.2, 0.25) is 0 Å². The van der Waals surface area contributed by atoms with Gasteiger partial charge >= 0.3 is 6.61 Å². The van der Waals surface area contributed by atoms with Gasteiger partial charge in [0.1, 0.15) is 0 Å². The number of halogens is 3. The van der Waals surface area contributed by atoms with Crippen molar-refractivity contribution in [2.45, 2.75) is 33.0 Å². The molecular weight excluding hydrogens is 447 g/mol. The molecule has 0 amide bonds. The number of ether oxygens (including phenoxy) is 3. The van der Waals surface area contributed by atoms with Crippen LogP contribution in [0.15, 0.2) is 23.2 Å². The van der Waals surface area contributed by atoms with Crippen LogP contribution in [-0.2, 0) is 11.3 Å². The van der Waals surface area contributed by atoms with E-state index in [1.807, 2.05) is 6.92 Å². The molecule has 0 aliphatic carbocycles. The van der Waals surface area contributed by atoms with Crippen LogP contribution in [0.5, 0.6) is 11.5 Å². The number of alkyl halides is 2. The van der Waals surface area contributed by atoms with E-state index >= 15 is 0 Å². The molecule has 0 radical (unpaired) electrons. The summed E-state index contributed by atoms with van der Waals surface area (Å²) in [5, 5.41) is 6.32. The Kier molecular flexibility index (Phi) is 12.2. The van der Waals surface area contributed by atoms with E-state index in [0.717, 1.165) is 5.56 Å². The Balaban J connectivity index is 0.00000576. The molecule has 0 aliphatic heterocycles. The quantitative estimate of drug-likeness (QED) is 0.328. The monoisotopic (exact) mass is 473 g/mol. The first-order valence-corrected chi connectivity index (χ1v) is 7.66. The van der Waals surface area contributed by atoms with Gasteiger partial charge in [-0.25, -0.2) is 0 Å². The van der Waals surface area contributed by atoms with Gasteiger partial charge in [0.25, 0.3) is 0 Å². The number of rotatable bonds is 9. The Bertz CT molecular complexity index is 533. The highest BCUT2D eigenvalue weighted by Crippen LogP contribution is 2.29. The van der Waals surface area contributed by atoms with E-state index in [1.165, 1.54) is 6.07 Å². The number of hydrogen-bond donors (Lipinski definition) is 2. The normalized spacial score (nSPS) is 12.4. The van der Waals surface area contributed by atoms with Crippen molar-refractivity contribution >= 4 is 29.9 Å². The van der Waals surface area contributed by atoms with E-state index in [4.69, 9.17) is 9.47 Å². The largest absolute Gasteiger partial charge is 0.490 e. The van der Waals surface area contributed by atoms with Crippen molar-refractivity contribution in [2.24, 2.45) is 4.99 Å². The predicted octanol–water partition coefficient (Wildman–Crippen LogP) is 3.00. The smallest absolute Gasteiger partial charge is 0.387 e. The highest BCUT2D eigenvalue weighted by molar-refractivity contribution is 14.0. The van der Waals surface area contributed by atoms with Crippen LogP contribution in [0.2, 0.25) is 0 Å². The lowest BCUT2D eigenvalue weighted by Crippen LogP contribution is -2.43. The Morgan fingerprint density at radius 2 is 2.00 bits per heavy atom. The third-order valence-corrected chi connectivity index (χ3v) is 3.01. The number of guanidine groups is 1. The number of benzene rings is 1. The maximum Gasteiger partial charge on any atom is 0.387 e. The molecule has 0 saturated carbocycles. The molecule has 0 saturated heterocycles. The van der Waals surface area contributed by atoms with Crippen LogP contribution in [0.4, 0.5) is 8.78 Å². The van der Waals surface area contributed by atoms with Gasteiger partial charge in [0.05, 0.1) is 13.2 Å². The maximum atomic E-state index is 12.4. The number of nitrogens with zero attached hydrogens (tertiary/aromatic N) is 1. The van der Waals surface area contributed by atoms with Crippen LogP contribution in [0.25, 0.3) is 0 Å². The van der Waals surface area contributed by atoms with Crippen LogP contribution in [0.3, 0.4) is 0 Å². The van der Waals surface area contributed by atoms with Crippen LogP contribution < -0.4 is 20.1 Å². The Morgan fingerprint density at radius 3 is 2.56 bits per heavy atom. The first-order chi connectivity index (χ1) is 11.5. The Labute approximate surface area is 164 Å². The van der Waals surface area contributed by atoms with Gasteiger partial charge < -0.3 is 24.8 Å². The average molecular weight is 473 g/mol. The molecule has 0 bridgehead atoms. The second-order valence-corrected chi connectivity index (χ2v) is 5.02. The zero-order valence-electron chi connectivity index (χ0n) is 14.8. The van der Waals surface area contributed by atoms with Crippen molar-refractivity contribution in [1.29, 1.82) is 0 Å². The van der Waals surface area contributed by atoms with E-state index in [9.17, 15) is 8.78 Å². The summed E-state index contributed by atoms with van der Waals surface area (Å²) >= 11 is 0. The third kappa shape index (κ3) is 9.05. The summed E-state index contributed by atoms with van der Waals surface area (Å²) < 4.78 is 39.7. The fourth-order valence-corrected chi connectivity index (χ4v) is 2.03. The fourth-order valence-electron chi connectivity index (χ4n) is 2.03. The van der Waals surface area contributed by atoms with Crippen molar-refractivity contribution in [3.05, 3.63) is 23.8 Å². The summed E-state index contributed by atoms with van der Waals surface area (Å²) in [7, 11) is 3.30. The zero-order chi connectivity index (χ0) is 17.9. The van der Waals surface area contributed by atoms with Crippen molar-refractivity contribution in [1.82, 2.24) is 10.6 Å². The first kappa shape index (κ1) is 23.6. The highest BCUT2D eigenvalue weighted by atomic mass is 127. The van der Waals surface area contributed by atoms with Gasteiger partial charge in [-0.2, -0.15) is 8.78 Å². The zero-order valence-corrected chi connectivity index (χ0v) is 17.2. The van der Waals surface area contributed by atoms with E-state index in [1.54, 1.807) is 33.2 Å². The molecule has 0 heterocycles. The van der Waals surface area contributed by atoms with Gasteiger partial charge in [-0.05, 0) is 31.5 Å². The topological polar surface area (TPSA) is 64.1 Å². The third-order valence-electron chi connectivity index (χ3n) is 3.01. The summed E-state index contributed by atoms with van der Waals surface area (Å²) in [5.41, 5.74) is 0.849. The van der Waals surface area contributed by atoms with Crippen molar-refractivity contribution in [2.75, 3.05) is 27.4 Å². The van der Waals surface area contributed by atoms with Gasteiger partial charge in [-0.1, -0.05) is 6.07 Å². The second-order valence-electron chi connectivity index (χ2n) is 5.02. The molecule has 0 aromatic heterocycles. The maximum absolute atomic E-state index is 12.4. The molecule has 6 nitrogen and oxygen atoms in total. The van der Waals surface area contributed by atoms with Gasteiger partial charge in [0.15, 0.2) is 17.5 Å². The summed E-state index contributed by atoms with van der Waals surface area (Å²) in [4.78, 5) is 4.12. The number of aliphatic imine (C=N–C) groups is 1. The number of hydrogen-bond acceptors (Lipinski definition) is 4. The fraction of sp³-hybridized carbons (Fsp3) is 0.562. The van der Waals surface area contributed by atoms with Gasteiger partial charge in [-0.15, -0.1) is 24.0 Å². The summed E-state index contributed by atoms with van der Waals surface area (Å²) in [6.07, 6.45) is 0. The lowest BCUT2D eigenvalue weighted by Gasteiger charge is -2.18. The lowest BCUT2D eigenvalue weighted by atomic mass is 10.2. The average Bonchev–Trinajstić information content (AvgIpc) is 2.53. The van der Waals surface area contributed by atoms with E-state index in [-0.39, 0.29) is 41.5 Å². The molecule has 2 N–H and O–H groups in total. The number of nitrogens with one attached hydrogen (secondary N) is 2. The molecule has 1 aromatic rings. The van der Waals surface area contributed by atoms with Crippen LogP contribution in [0, 0.1) is 0 Å². The minimum absolute atomic E-state index is 0. The minimum Gasteiger partial charge on any atom is -0.490 e. The molecule has 144 valence electrons. The molecule has 1 unspecified atom stereocenters.